The average molecular weight is 427 g/mol. The van der Waals surface area contributed by atoms with Crippen molar-refractivity contribution in [2.75, 3.05) is 20.3 Å². The van der Waals surface area contributed by atoms with Gasteiger partial charge in [0.05, 0.1) is 26.4 Å². The first-order chi connectivity index (χ1) is 15.2. The van der Waals surface area contributed by atoms with Crippen molar-refractivity contribution in [1.29, 1.82) is 0 Å². The number of aliphatic hydroxyl groups is 1. The molecule has 2 saturated heterocycles. The predicted octanol–water partition coefficient (Wildman–Crippen LogP) is 3.13. The smallest absolute Gasteiger partial charge is 0.184 e. The summed E-state index contributed by atoms with van der Waals surface area (Å²) in [5, 5.41) is 14.6. The van der Waals surface area contributed by atoms with E-state index in [2.05, 4.69) is 10.0 Å². The van der Waals surface area contributed by atoms with Crippen LogP contribution in [0, 0.1) is 0 Å². The van der Waals surface area contributed by atoms with Gasteiger partial charge in [-0.25, -0.2) is 0 Å². The third kappa shape index (κ3) is 4.99. The SMILES string of the molecule is COc1ccc(C2OCC3OC(OCCc4ccccc4)C(N=[N+]=[N-])C(O)C3O2)cc1. The van der Waals surface area contributed by atoms with Crippen LogP contribution in [-0.2, 0) is 25.4 Å². The number of aliphatic hydroxyl groups excluding tert-OH is 1. The Labute approximate surface area is 180 Å². The highest BCUT2D eigenvalue weighted by atomic mass is 16.7. The minimum absolute atomic E-state index is 0.208. The highest BCUT2D eigenvalue weighted by molar-refractivity contribution is 5.28. The number of hydrogen-bond donors (Lipinski definition) is 1. The van der Waals surface area contributed by atoms with Gasteiger partial charge in [-0.3, -0.25) is 0 Å². The molecule has 0 saturated carbocycles. The Hall–Kier alpha value is -2.65. The van der Waals surface area contributed by atoms with Gasteiger partial charge in [-0.2, -0.15) is 0 Å². The van der Waals surface area contributed by atoms with Crippen molar-refractivity contribution in [3.05, 3.63) is 76.2 Å². The molecule has 4 rings (SSSR count). The predicted molar refractivity (Wildman–Crippen MR) is 110 cm³/mol. The van der Waals surface area contributed by atoms with E-state index in [-0.39, 0.29) is 6.61 Å². The van der Waals surface area contributed by atoms with E-state index in [4.69, 9.17) is 29.2 Å². The molecule has 0 aliphatic carbocycles. The van der Waals surface area contributed by atoms with Crippen LogP contribution >= 0.6 is 0 Å². The van der Waals surface area contributed by atoms with E-state index in [0.717, 1.165) is 16.9 Å². The van der Waals surface area contributed by atoms with Crippen molar-refractivity contribution < 1.29 is 28.8 Å². The summed E-state index contributed by atoms with van der Waals surface area (Å²) >= 11 is 0. The Morgan fingerprint density at radius 1 is 1.13 bits per heavy atom. The second-order valence-corrected chi connectivity index (χ2v) is 7.37. The van der Waals surface area contributed by atoms with Crippen molar-refractivity contribution in [2.24, 2.45) is 5.11 Å². The monoisotopic (exact) mass is 427 g/mol. The van der Waals surface area contributed by atoms with Gasteiger partial charge in [-0.15, -0.1) is 0 Å². The van der Waals surface area contributed by atoms with E-state index in [9.17, 15) is 5.11 Å². The topological polar surface area (TPSA) is 115 Å². The van der Waals surface area contributed by atoms with Crippen molar-refractivity contribution in [2.45, 2.75) is 43.4 Å². The normalized spacial score (nSPS) is 30.1. The molecule has 9 nitrogen and oxygen atoms in total. The number of hydrogen-bond acceptors (Lipinski definition) is 7. The van der Waals surface area contributed by atoms with Crippen LogP contribution in [0.5, 0.6) is 5.75 Å². The molecule has 0 bridgehead atoms. The lowest BCUT2D eigenvalue weighted by atomic mass is 9.96. The molecule has 0 amide bonds. The average Bonchev–Trinajstić information content (AvgIpc) is 2.82. The van der Waals surface area contributed by atoms with Gasteiger partial charge < -0.3 is 28.8 Å². The molecule has 6 unspecified atom stereocenters. The highest BCUT2D eigenvalue weighted by Crippen LogP contribution is 2.35. The Morgan fingerprint density at radius 2 is 1.90 bits per heavy atom. The van der Waals surface area contributed by atoms with Gasteiger partial charge in [0.15, 0.2) is 12.6 Å². The maximum atomic E-state index is 10.9. The minimum atomic E-state index is -1.10. The third-order valence-corrected chi connectivity index (χ3v) is 5.42. The van der Waals surface area contributed by atoms with Gasteiger partial charge in [-0.1, -0.05) is 47.6 Å². The number of rotatable bonds is 7. The fourth-order valence-electron chi connectivity index (χ4n) is 3.77. The lowest BCUT2D eigenvalue weighted by Crippen LogP contribution is -2.61. The van der Waals surface area contributed by atoms with Crippen LogP contribution in [-0.4, -0.2) is 56.1 Å². The van der Waals surface area contributed by atoms with Gasteiger partial charge in [0, 0.05) is 10.5 Å². The Kier molecular flexibility index (Phi) is 7.03. The van der Waals surface area contributed by atoms with Crippen molar-refractivity contribution in [1.82, 2.24) is 0 Å². The van der Waals surface area contributed by atoms with Crippen LogP contribution in [0.2, 0.25) is 0 Å². The number of methoxy groups -OCH3 is 1. The lowest BCUT2D eigenvalue weighted by molar-refractivity contribution is -0.341. The quantitative estimate of drug-likeness (QED) is 0.412. The van der Waals surface area contributed by atoms with Gasteiger partial charge in [0.25, 0.3) is 0 Å². The molecule has 9 heteroatoms. The summed E-state index contributed by atoms with van der Waals surface area (Å²) in [6, 6.07) is 16.2. The van der Waals surface area contributed by atoms with E-state index >= 15 is 0 Å². The van der Waals surface area contributed by atoms with Gasteiger partial charge in [-0.05, 0) is 29.6 Å². The molecular formula is C22H25N3O6. The van der Waals surface area contributed by atoms with Crippen LogP contribution in [0.15, 0.2) is 59.7 Å². The number of ether oxygens (including phenoxy) is 5. The Balaban J connectivity index is 1.41. The number of azide groups is 1. The summed E-state index contributed by atoms with van der Waals surface area (Å²) in [7, 11) is 1.59. The molecule has 6 atom stereocenters. The molecule has 2 heterocycles. The Morgan fingerprint density at radius 3 is 2.61 bits per heavy atom. The van der Waals surface area contributed by atoms with E-state index in [1.54, 1.807) is 19.2 Å². The summed E-state index contributed by atoms with van der Waals surface area (Å²) in [6.45, 7) is 0.562. The zero-order valence-electron chi connectivity index (χ0n) is 17.1. The summed E-state index contributed by atoms with van der Waals surface area (Å²) in [5.74, 6) is 0.720. The second-order valence-electron chi connectivity index (χ2n) is 7.37. The van der Waals surface area contributed by atoms with Crippen LogP contribution in [0.4, 0.5) is 0 Å². The maximum absolute atomic E-state index is 10.9. The number of benzene rings is 2. The standard InChI is InChI=1S/C22H25N3O6/c1-27-16-9-7-15(8-10-16)21-29-13-17-20(31-21)19(26)18(24-25-23)22(30-17)28-12-11-14-5-3-2-4-6-14/h2-10,17-22,26H,11-13H2,1H3. The molecule has 2 aliphatic rings. The fourth-order valence-corrected chi connectivity index (χ4v) is 3.77. The summed E-state index contributed by atoms with van der Waals surface area (Å²) in [4.78, 5) is 2.86. The van der Waals surface area contributed by atoms with E-state index in [1.807, 2.05) is 42.5 Å². The fraction of sp³-hybridized carbons (Fsp3) is 0.455. The molecule has 2 aliphatic heterocycles. The first-order valence-electron chi connectivity index (χ1n) is 10.1. The molecule has 0 spiro atoms. The number of fused-ring (bicyclic) bond motifs is 1. The second kappa shape index (κ2) is 10.1. The summed E-state index contributed by atoms with van der Waals surface area (Å²) in [6.07, 6.45) is -3.25. The third-order valence-electron chi connectivity index (χ3n) is 5.42. The molecule has 2 fully saturated rings. The van der Waals surface area contributed by atoms with Gasteiger partial charge >= 0.3 is 0 Å². The van der Waals surface area contributed by atoms with Crippen LogP contribution in [0.3, 0.4) is 0 Å². The largest absolute Gasteiger partial charge is 0.497 e. The summed E-state index contributed by atoms with van der Waals surface area (Å²) in [5.41, 5.74) is 10.9. The molecule has 0 aromatic heterocycles. The molecule has 1 N–H and O–H groups in total. The summed E-state index contributed by atoms with van der Waals surface area (Å²) < 4.78 is 28.8. The molecule has 2 aromatic rings. The van der Waals surface area contributed by atoms with Crippen molar-refractivity contribution in [3.63, 3.8) is 0 Å². The number of nitrogens with zero attached hydrogens (tertiary/aromatic N) is 3. The molecule has 164 valence electrons. The zero-order valence-corrected chi connectivity index (χ0v) is 17.1. The first kappa shape index (κ1) is 21.6. The molecular weight excluding hydrogens is 402 g/mol. The zero-order chi connectivity index (χ0) is 21.6. The maximum Gasteiger partial charge on any atom is 0.184 e. The van der Waals surface area contributed by atoms with E-state index < -0.39 is 36.9 Å². The van der Waals surface area contributed by atoms with Gasteiger partial charge in [0.1, 0.15) is 24.0 Å². The lowest BCUT2D eigenvalue weighted by Gasteiger charge is -2.46. The van der Waals surface area contributed by atoms with Crippen LogP contribution in [0.1, 0.15) is 17.4 Å². The van der Waals surface area contributed by atoms with Crippen molar-refractivity contribution in [3.8, 4) is 5.75 Å². The first-order valence-corrected chi connectivity index (χ1v) is 10.1. The van der Waals surface area contributed by atoms with Gasteiger partial charge in [0.2, 0.25) is 0 Å². The van der Waals surface area contributed by atoms with Crippen LogP contribution in [0.25, 0.3) is 10.4 Å². The minimum Gasteiger partial charge on any atom is -0.497 e. The van der Waals surface area contributed by atoms with E-state index in [1.165, 1.54) is 0 Å². The Bertz CT molecular complexity index is 890. The van der Waals surface area contributed by atoms with E-state index in [0.29, 0.717) is 13.0 Å². The molecule has 31 heavy (non-hydrogen) atoms. The van der Waals surface area contributed by atoms with Crippen molar-refractivity contribution >= 4 is 0 Å². The molecule has 2 aromatic carbocycles. The highest BCUT2D eigenvalue weighted by Gasteiger charge is 2.49. The molecule has 0 radical (unpaired) electrons. The van der Waals surface area contributed by atoms with Crippen LogP contribution < -0.4 is 4.74 Å².